The first-order valence-corrected chi connectivity index (χ1v) is 10.4. The van der Waals surface area contributed by atoms with E-state index in [1.165, 1.54) is 0 Å². The third-order valence-corrected chi connectivity index (χ3v) is 6.01. The predicted octanol–water partition coefficient (Wildman–Crippen LogP) is 4.59. The molecule has 6 heteroatoms. The molecular formula is C24H25ClO5. The van der Waals surface area contributed by atoms with E-state index in [0.29, 0.717) is 21.7 Å². The number of fused-ring (bicyclic) bond motifs is 1. The molecule has 3 rings (SSSR count). The highest BCUT2D eigenvalue weighted by Crippen LogP contribution is 2.47. The smallest absolute Gasteiger partial charge is 0.308 e. The van der Waals surface area contributed by atoms with E-state index in [4.69, 9.17) is 16.3 Å². The number of ketones is 2. The predicted molar refractivity (Wildman–Crippen MR) is 114 cm³/mol. The lowest BCUT2D eigenvalue weighted by Crippen LogP contribution is -2.44. The molecule has 0 heterocycles. The zero-order valence-corrected chi connectivity index (χ0v) is 18.0. The average Bonchev–Trinajstić information content (AvgIpc) is 2.94. The maximum Gasteiger partial charge on any atom is 0.308 e. The molecule has 0 saturated heterocycles. The molecule has 0 saturated carbocycles. The van der Waals surface area contributed by atoms with E-state index in [1.54, 1.807) is 69.3 Å². The summed E-state index contributed by atoms with van der Waals surface area (Å²) in [6.45, 7) is 4.74. The van der Waals surface area contributed by atoms with Crippen molar-refractivity contribution in [2.45, 2.75) is 39.2 Å². The van der Waals surface area contributed by atoms with Crippen LogP contribution in [0.1, 0.15) is 59.9 Å². The average molecular weight is 429 g/mol. The van der Waals surface area contributed by atoms with Crippen molar-refractivity contribution in [1.82, 2.24) is 0 Å². The molecule has 30 heavy (non-hydrogen) atoms. The summed E-state index contributed by atoms with van der Waals surface area (Å²) in [6, 6.07) is 13.2. The topological polar surface area (TPSA) is 80.7 Å². The number of carbonyl (C=O) groups excluding carboxylic acids is 3. The van der Waals surface area contributed by atoms with Crippen molar-refractivity contribution in [3.8, 4) is 0 Å². The van der Waals surface area contributed by atoms with Crippen LogP contribution in [-0.4, -0.2) is 29.2 Å². The Morgan fingerprint density at radius 2 is 1.70 bits per heavy atom. The summed E-state index contributed by atoms with van der Waals surface area (Å²) in [7, 11) is 0. The van der Waals surface area contributed by atoms with Gasteiger partial charge in [-0.2, -0.15) is 0 Å². The minimum absolute atomic E-state index is 0.209. The summed E-state index contributed by atoms with van der Waals surface area (Å²) in [5.74, 6) is -1.50. The van der Waals surface area contributed by atoms with Crippen LogP contribution in [0.4, 0.5) is 0 Å². The number of ether oxygens (including phenoxy) is 1. The second kappa shape index (κ2) is 8.32. The van der Waals surface area contributed by atoms with Crippen molar-refractivity contribution in [3.05, 3.63) is 70.2 Å². The Morgan fingerprint density at radius 3 is 2.20 bits per heavy atom. The summed E-state index contributed by atoms with van der Waals surface area (Å²) >= 11 is 6.13. The molecule has 0 aromatic heterocycles. The van der Waals surface area contributed by atoms with Crippen LogP contribution in [0.2, 0.25) is 5.02 Å². The largest absolute Gasteiger partial charge is 0.462 e. The Labute approximate surface area is 181 Å². The van der Waals surface area contributed by atoms with Crippen LogP contribution >= 0.6 is 11.6 Å². The lowest BCUT2D eigenvalue weighted by Gasteiger charge is -2.36. The molecule has 0 aliphatic heterocycles. The SMILES string of the molecule is CCC1(CC(O)(COC(=O)C(C)C)c2cccc(Cl)c2)C(=O)c2ccccc2C1=O. The molecule has 158 valence electrons. The Balaban J connectivity index is 2.05. The standard InChI is InChI=1S/C24H25ClO5/c1-4-23(20(26)18-10-5-6-11-19(18)21(23)27)13-24(29,14-30-22(28)15(2)3)16-8-7-9-17(25)12-16/h5-12,15,29H,4,13-14H2,1-3H3. The van der Waals surface area contributed by atoms with E-state index in [9.17, 15) is 19.5 Å². The van der Waals surface area contributed by atoms with Crippen LogP contribution in [-0.2, 0) is 15.1 Å². The number of halogens is 1. The number of hydrogen-bond acceptors (Lipinski definition) is 5. The molecule has 1 aliphatic rings. The summed E-state index contributed by atoms with van der Waals surface area (Å²) in [5, 5.41) is 12.1. The number of carbonyl (C=O) groups is 3. The molecule has 1 atom stereocenters. The molecule has 0 fully saturated rings. The normalized spacial score (nSPS) is 17.0. The first-order chi connectivity index (χ1) is 14.1. The molecule has 2 aromatic carbocycles. The summed E-state index contributed by atoms with van der Waals surface area (Å²) in [4.78, 5) is 38.7. The van der Waals surface area contributed by atoms with Gasteiger partial charge in [-0.3, -0.25) is 14.4 Å². The summed E-state index contributed by atoms with van der Waals surface area (Å²) < 4.78 is 5.36. The van der Waals surface area contributed by atoms with Crippen molar-refractivity contribution in [2.75, 3.05) is 6.61 Å². The minimum Gasteiger partial charge on any atom is -0.462 e. The summed E-state index contributed by atoms with van der Waals surface area (Å²) in [5.41, 5.74) is -2.10. The Bertz CT molecular complexity index is 962. The first-order valence-electron chi connectivity index (χ1n) is 9.98. The quantitative estimate of drug-likeness (QED) is 0.515. The van der Waals surface area contributed by atoms with E-state index in [2.05, 4.69) is 0 Å². The van der Waals surface area contributed by atoms with Gasteiger partial charge in [0.15, 0.2) is 11.6 Å². The second-order valence-corrected chi connectivity index (χ2v) is 8.56. The highest BCUT2D eigenvalue weighted by molar-refractivity contribution is 6.30. The van der Waals surface area contributed by atoms with Crippen molar-refractivity contribution in [3.63, 3.8) is 0 Å². The molecule has 2 aromatic rings. The number of aliphatic hydroxyl groups is 1. The monoisotopic (exact) mass is 428 g/mol. The van der Waals surface area contributed by atoms with Gasteiger partial charge >= 0.3 is 5.97 Å². The summed E-state index contributed by atoms with van der Waals surface area (Å²) in [6.07, 6.45) is -0.00505. The van der Waals surface area contributed by atoms with E-state index in [1.807, 2.05) is 0 Å². The number of Topliss-reactive ketones (excluding diaryl/α,β-unsaturated/α-hetero) is 2. The molecule has 0 bridgehead atoms. The molecule has 0 amide bonds. The van der Waals surface area contributed by atoms with Crippen LogP contribution in [0.15, 0.2) is 48.5 Å². The van der Waals surface area contributed by atoms with Gasteiger partial charge < -0.3 is 9.84 Å². The molecule has 1 unspecified atom stereocenters. The van der Waals surface area contributed by atoms with Gasteiger partial charge in [-0.05, 0) is 24.1 Å². The number of esters is 1. The lowest BCUT2D eigenvalue weighted by atomic mass is 9.70. The third-order valence-electron chi connectivity index (χ3n) is 5.77. The number of rotatable bonds is 7. The van der Waals surface area contributed by atoms with Crippen molar-refractivity contribution < 1.29 is 24.2 Å². The van der Waals surface area contributed by atoms with Gasteiger partial charge in [-0.1, -0.05) is 68.8 Å². The van der Waals surface area contributed by atoms with E-state index >= 15 is 0 Å². The molecule has 5 nitrogen and oxygen atoms in total. The highest BCUT2D eigenvalue weighted by Gasteiger charge is 2.55. The lowest BCUT2D eigenvalue weighted by molar-refractivity contribution is -0.157. The third kappa shape index (κ3) is 3.80. The maximum atomic E-state index is 13.3. The Morgan fingerprint density at radius 1 is 1.10 bits per heavy atom. The maximum absolute atomic E-state index is 13.3. The van der Waals surface area contributed by atoms with Crippen LogP contribution < -0.4 is 0 Å². The van der Waals surface area contributed by atoms with Gasteiger partial charge in [0.1, 0.15) is 12.2 Å². The van der Waals surface area contributed by atoms with Gasteiger partial charge in [-0.25, -0.2) is 0 Å². The Hall–Kier alpha value is -2.50. The van der Waals surface area contributed by atoms with Crippen molar-refractivity contribution in [1.29, 1.82) is 0 Å². The van der Waals surface area contributed by atoms with Crippen LogP contribution in [0.5, 0.6) is 0 Å². The fourth-order valence-corrected chi connectivity index (χ4v) is 4.17. The molecule has 1 N–H and O–H groups in total. The van der Waals surface area contributed by atoms with Crippen molar-refractivity contribution >= 4 is 29.1 Å². The van der Waals surface area contributed by atoms with Gasteiger partial charge in [-0.15, -0.1) is 0 Å². The van der Waals surface area contributed by atoms with Crippen molar-refractivity contribution in [2.24, 2.45) is 11.3 Å². The van der Waals surface area contributed by atoms with Crippen LogP contribution in [0, 0.1) is 11.3 Å². The van der Waals surface area contributed by atoms with Gasteiger partial charge in [0.2, 0.25) is 0 Å². The number of hydrogen-bond donors (Lipinski definition) is 1. The molecule has 1 aliphatic carbocycles. The van der Waals surface area contributed by atoms with E-state index < -0.39 is 17.0 Å². The second-order valence-electron chi connectivity index (χ2n) is 8.12. The van der Waals surface area contributed by atoms with Gasteiger partial charge in [0.05, 0.1) is 11.3 Å². The fraction of sp³-hybridized carbons (Fsp3) is 0.375. The Kier molecular flexibility index (Phi) is 6.16. The van der Waals surface area contributed by atoms with Crippen LogP contribution in [0.25, 0.3) is 0 Å². The fourth-order valence-electron chi connectivity index (χ4n) is 3.98. The zero-order chi connectivity index (χ0) is 22.1. The first kappa shape index (κ1) is 22.2. The molecule has 0 spiro atoms. The van der Waals surface area contributed by atoms with E-state index in [0.717, 1.165) is 0 Å². The minimum atomic E-state index is -1.77. The van der Waals surface area contributed by atoms with E-state index in [-0.39, 0.29) is 36.9 Å². The zero-order valence-electron chi connectivity index (χ0n) is 17.3. The van der Waals surface area contributed by atoms with Gasteiger partial charge in [0, 0.05) is 22.6 Å². The molecular weight excluding hydrogens is 404 g/mol. The van der Waals surface area contributed by atoms with Crippen LogP contribution in [0.3, 0.4) is 0 Å². The molecule has 0 radical (unpaired) electrons. The van der Waals surface area contributed by atoms with Gasteiger partial charge in [0.25, 0.3) is 0 Å². The number of benzene rings is 2. The highest BCUT2D eigenvalue weighted by atomic mass is 35.5.